The van der Waals surface area contributed by atoms with E-state index in [0.29, 0.717) is 0 Å². The molecule has 1 aliphatic rings. The van der Waals surface area contributed by atoms with E-state index in [-0.39, 0.29) is 29.0 Å². The number of hydrogen-bond donors (Lipinski definition) is 1. The largest absolute Gasteiger partial charge is 0.493 e. The highest BCUT2D eigenvalue weighted by molar-refractivity contribution is 5.92. The number of rotatable bonds is 7. The second kappa shape index (κ2) is 8.47. The van der Waals surface area contributed by atoms with Gasteiger partial charge in [-0.3, -0.25) is 4.79 Å². The van der Waals surface area contributed by atoms with Crippen LogP contribution in [0, 0.1) is 0 Å². The third-order valence-electron chi connectivity index (χ3n) is 3.67. The van der Waals surface area contributed by atoms with E-state index in [9.17, 15) is 18.4 Å². The summed E-state index contributed by atoms with van der Waals surface area (Å²) in [6.45, 7) is -3.40. The lowest BCUT2D eigenvalue weighted by molar-refractivity contribution is -0.124. The summed E-state index contributed by atoms with van der Waals surface area (Å²) in [5.41, 5.74) is 0.0714. The van der Waals surface area contributed by atoms with Gasteiger partial charge in [-0.2, -0.15) is 8.78 Å². The Hall–Kier alpha value is -2.38. The molecule has 8 heteroatoms. The Balaban J connectivity index is 1.90. The second-order valence-corrected chi connectivity index (χ2v) is 5.37. The Morgan fingerprint density at radius 1 is 1.25 bits per heavy atom. The predicted octanol–water partition coefficient (Wildman–Crippen LogP) is 2.51. The third kappa shape index (κ3) is 5.07. The molecule has 1 amide bonds. The number of halogens is 2. The molecule has 0 unspecified atom stereocenters. The molecule has 6 nitrogen and oxygen atoms in total. The number of nitrogens with one attached hydrogen (secondary N) is 1. The molecule has 1 saturated carbocycles. The monoisotopic (exact) mass is 343 g/mol. The highest BCUT2D eigenvalue weighted by Gasteiger charge is 2.19. The first-order valence-electron chi connectivity index (χ1n) is 7.59. The summed E-state index contributed by atoms with van der Waals surface area (Å²) in [6.07, 6.45) is 4.03. The van der Waals surface area contributed by atoms with Crippen LogP contribution in [0.5, 0.6) is 11.5 Å². The summed E-state index contributed by atoms with van der Waals surface area (Å²) >= 11 is 0. The van der Waals surface area contributed by atoms with Gasteiger partial charge >= 0.3 is 12.6 Å². The van der Waals surface area contributed by atoms with E-state index < -0.39 is 19.2 Å². The van der Waals surface area contributed by atoms with E-state index in [2.05, 4.69) is 10.1 Å². The van der Waals surface area contributed by atoms with Crippen LogP contribution in [-0.4, -0.2) is 38.2 Å². The van der Waals surface area contributed by atoms with E-state index >= 15 is 0 Å². The van der Waals surface area contributed by atoms with Crippen LogP contribution < -0.4 is 14.8 Å². The second-order valence-electron chi connectivity index (χ2n) is 5.37. The first kappa shape index (κ1) is 18.0. The van der Waals surface area contributed by atoms with Crippen LogP contribution in [0.4, 0.5) is 8.78 Å². The van der Waals surface area contributed by atoms with Gasteiger partial charge in [0.2, 0.25) is 0 Å². The van der Waals surface area contributed by atoms with Crippen molar-refractivity contribution in [1.82, 2.24) is 5.32 Å². The fourth-order valence-electron chi connectivity index (χ4n) is 2.54. The van der Waals surface area contributed by atoms with Crippen molar-refractivity contribution in [2.75, 3.05) is 13.7 Å². The van der Waals surface area contributed by atoms with Crippen molar-refractivity contribution in [1.29, 1.82) is 0 Å². The fraction of sp³-hybridized carbons (Fsp3) is 0.500. The van der Waals surface area contributed by atoms with Crippen molar-refractivity contribution < 1.29 is 32.6 Å². The van der Waals surface area contributed by atoms with Crippen molar-refractivity contribution in [3.63, 3.8) is 0 Å². The van der Waals surface area contributed by atoms with E-state index in [1.54, 1.807) is 0 Å². The van der Waals surface area contributed by atoms with Crippen molar-refractivity contribution >= 4 is 11.9 Å². The maximum absolute atomic E-state index is 12.3. The van der Waals surface area contributed by atoms with Gasteiger partial charge < -0.3 is 19.5 Å². The van der Waals surface area contributed by atoms with E-state index in [0.717, 1.165) is 25.7 Å². The molecule has 1 N–H and O–H groups in total. The van der Waals surface area contributed by atoms with Gasteiger partial charge in [-0.1, -0.05) is 12.8 Å². The summed E-state index contributed by atoms with van der Waals surface area (Å²) < 4.78 is 38.6. The van der Waals surface area contributed by atoms with Gasteiger partial charge in [0.1, 0.15) is 0 Å². The fourth-order valence-corrected chi connectivity index (χ4v) is 2.54. The van der Waals surface area contributed by atoms with Crippen molar-refractivity contribution in [2.24, 2.45) is 0 Å². The molecule has 132 valence electrons. The Kier molecular flexibility index (Phi) is 6.34. The molecular weight excluding hydrogens is 324 g/mol. The van der Waals surface area contributed by atoms with Crippen LogP contribution in [0.3, 0.4) is 0 Å². The molecule has 0 radical (unpaired) electrons. The zero-order valence-corrected chi connectivity index (χ0v) is 13.2. The van der Waals surface area contributed by atoms with Gasteiger partial charge in [-0.25, -0.2) is 4.79 Å². The van der Waals surface area contributed by atoms with Crippen LogP contribution in [0.25, 0.3) is 0 Å². The average molecular weight is 343 g/mol. The lowest BCUT2D eigenvalue weighted by Crippen LogP contribution is -2.35. The molecule has 1 aliphatic carbocycles. The number of benzene rings is 1. The molecule has 1 aromatic rings. The summed E-state index contributed by atoms with van der Waals surface area (Å²) in [5.74, 6) is -1.33. The Bertz CT molecular complexity index is 588. The maximum Gasteiger partial charge on any atom is 0.387 e. The highest BCUT2D eigenvalue weighted by atomic mass is 19.3. The topological polar surface area (TPSA) is 73.9 Å². The van der Waals surface area contributed by atoms with Gasteiger partial charge in [0.05, 0.1) is 12.7 Å². The number of alkyl halides is 2. The lowest BCUT2D eigenvalue weighted by Gasteiger charge is -2.13. The number of amides is 1. The van der Waals surface area contributed by atoms with Crippen LogP contribution >= 0.6 is 0 Å². The highest BCUT2D eigenvalue weighted by Crippen LogP contribution is 2.29. The minimum atomic E-state index is -3.00. The molecule has 24 heavy (non-hydrogen) atoms. The summed E-state index contributed by atoms with van der Waals surface area (Å²) in [7, 11) is 1.26. The molecule has 0 aliphatic heterocycles. The number of ether oxygens (including phenoxy) is 3. The Labute approximate surface area is 138 Å². The van der Waals surface area contributed by atoms with Gasteiger partial charge in [-0.15, -0.1) is 0 Å². The maximum atomic E-state index is 12.3. The van der Waals surface area contributed by atoms with Gasteiger partial charge in [0.15, 0.2) is 18.1 Å². The molecule has 0 saturated heterocycles. The summed E-state index contributed by atoms with van der Waals surface area (Å²) in [5, 5.41) is 2.79. The predicted molar refractivity (Wildman–Crippen MR) is 80.3 cm³/mol. The minimum absolute atomic E-state index is 0.0276. The van der Waals surface area contributed by atoms with Crippen molar-refractivity contribution in [2.45, 2.75) is 38.3 Å². The van der Waals surface area contributed by atoms with Crippen LogP contribution in [0.1, 0.15) is 36.0 Å². The number of carbonyl (C=O) groups excluding carboxylic acids is 2. The molecule has 0 bridgehead atoms. The number of hydrogen-bond acceptors (Lipinski definition) is 5. The van der Waals surface area contributed by atoms with Crippen LogP contribution in [0.15, 0.2) is 18.2 Å². The Morgan fingerprint density at radius 2 is 1.96 bits per heavy atom. The molecule has 0 heterocycles. The molecule has 0 atom stereocenters. The third-order valence-corrected chi connectivity index (χ3v) is 3.67. The quantitative estimate of drug-likeness (QED) is 0.770. The zero-order valence-electron chi connectivity index (χ0n) is 13.2. The molecule has 2 rings (SSSR count). The van der Waals surface area contributed by atoms with Crippen molar-refractivity contribution in [3.05, 3.63) is 23.8 Å². The number of carbonyl (C=O) groups is 2. The van der Waals surface area contributed by atoms with Crippen LogP contribution in [0.2, 0.25) is 0 Å². The zero-order chi connectivity index (χ0) is 17.5. The number of methoxy groups -OCH3 is 1. The molecule has 0 spiro atoms. The minimum Gasteiger partial charge on any atom is -0.493 e. The van der Waals surface area contributed by atoms with E-state index in [4.69, 9.17) is 9.47 Å². The number of esters is 1. The van der Waals surface area contributed by atoms with Crippen LogP contribution in [-0.2, 0) is 9.53 Å². The summed E-state index contributed by atoms with van der Waals surface area (Å²) in [6, 6.07) is 3.80. The smallest absolute Gasteiger partial charge is 0.387 e. The standard InChI is InChI=1S/C16H19F2NO5/c1-22-13-8-10(6-7-12(13)24-16(17)18)15(21)23-9-14(20)19-11-4-2-3-5-11/h6-8,11,16H,2-5,9H2,1H3,(H,19,20). The Morgan fingerprint density at radius 3 is 2.58 bits per heavy atom. The first-order valence-corrected chi connectivity index (χ1v) is 7.59. The van der Waals surface area contributed by atoms with Gasteiger partial charge in [-0.05, 0) is 31.0 Å². The van der Waals surface area contributed by atoms with E-state index in [1.165, 1.54) is 25.3 Å². The van der Waals surface area contributed by atoms with E-state index in [1.807, 2.05) is 0 Å². The molecule has 0 aromatic heterocycles. The molecular formula is C16H19F2NO5. The molecule has 1 aromatic carbocycles. The van der Waals surface area contributed by atoms with Gasteiger partial charge in [0, 0.05) is 6.04 Å². The SMILES string of the molecule is COc1cc(C(=O)OCC(=O)NC2CCCC2)ccc1OC(F)F. The lowest BCUT2D eigenvalue weighted by atomic mass is 10.2. The van der Waals surface area contributed by atoms with Crippen molar-refractivity contribution in [3.8, 4) is 11.5 Å². The first-order chi connectivity index (χ1) is 11.5. The average Bonchev–Trinajstić information content (AvgIpc) is 3.05. The summed E-state index contributed by atoms with van der Waals surface area (Å²) in [4.78, 5) is 23.7. The normalized spacial score (nSPS) is 14.5. The van der Waals surface area contributed by atoms with Gasteiger partial charge in [0.25, 0.3) is 5.91 Å². The molecule has 1 fully saturated rings.